The molecule has 0 spiro atoms. The maximum Gasteiger partial charge on any atom is 0.247 e. The molecule has 1 unspecified atom stereocenters. The molecule has 1 aromatic rings. The third-order valence-electron chi connectivity index (χ3n) is 3.01. The number of hydrogen-bond donors (Lipinski definition) is 1. The fourth-order valence-corrected chi connectivity index (χ4v) is 1.83. The van der Waals surface area contributed by atoms with Gasteiger partial charge < -0.3 is 10.6 Å². The van der Waals surface area contributed by atoms with Gasteiger partial charge in [-0.2, -0.15) is 0 Å². The Morgan fingerprint density at radius 2 is 2.18 bits per heavy atom. The van der Waals surface area contributed by atoms with Crippen molar-refractivity contribution >= 4 is 12.1 Å². The van der Waals surface area contributed by atoms with Crippen molar-refractivity contribution in [2.24, 2.45) is 10.7 Å². The van der Waals surface area contributed by atoms with Gasteiger partial charge in [-0.15, -0.1) is 0 Å². The molecular weight excluding hydrogens is 216 g/mol. The minimum atomic E-state index is -0.883. The van der Waals surface area contributed by atoms with Gasteiger partial charge in [-0.3, -0.25) is 14.8 Å². The van der Waals surface area contributed by atoms with Crippen molar-refractivity contribution in [2.45, 2.75) is 12.5 Å². The molecule has 0 saturated carbocycles. The number of aromatic nitrogens is 1. The number of rotatable bonds is 3. The molecule has 5 nitrogen and oxygen atoms in total. The van der Waals surface area contributed by atoms with E-state index < -0.39 is 11.4 Å². The van der Waals surface area contributed by atoms with E-state index in [4.69, 9.17) is 5.73 Å². The van der Waals surface area contributed by atoms with Crippen LogP contribution < -0.4 is 5.73 Å². The lowest BCUT2D eigenvalue weighted by Gasteiger charge is -2.38. The summed E-state index contributed by atoms with van der Waals surface area (Å²) in [6.45, 7) is 2.35. The Labute approximate surface area is 99.7 Å². The lowest BCUT2D eigenvalue weighted by Crippen LogP contribution is -2.51. The Morgan fingerprint density at radius 1 is 1.47 bits per heavy atom. The number of nitrogens with two attached hydrogens (primary N) is 1. The highest BCUT2D eigenvalue weighted by Crippen LogP contribution is 2.28. The van der Waals surface area contributed by atoms with E-state index in [1.807, 2.05) is 4.90 Å². The van der Waals surface area contributed by atoms with E-state index in [0.717, 1.165) is 5.56 Å². The van der Waals surface area contributed by atoms with Crippen LogP contribution in [0.1, 0.15) is 12.5 Å². The summed E-state index contributed by atoms with van der Waals surface area (Å²) < 4.78 is 0. The van der Waals surface area contributed by atoms with E-state index in [2.05, 4.69) is 9.98 Å². The van der Waals surface area contributed by atoms with Gasteiger partial charge in [0.1, 0.15) is 5.54 Å². The molecule has 1 atom stereocenters. The fourth-order valence-electron chi connectivity index (χ4n) is 1.83. The highest BCUT2D eigenvalue weighted by Gasteiger charge is 2.38. The van der Waals surface area contributed by atoms with Crippen molar-refractivity contribution in [2.75, 3.05) is 6.54 Å². The van der Waals surface area contributed by atoms with Crippen molar-refractivity contribution in [3.8, 4) is 0 Å². The Bertz CT molecular complexity index is 469. The number of hydrogen-bond acceptors (Lipinski definition) is 4. The number of primary amides is 1. The molecule has 17 heavy (non-hydrogen) atoms. The van der Waals surface area contributed by atoms with Crippen LogP contribution in [0.2, 0.25) is 0 Å². The van der Waals surface area contributed by atoms with Crippen LogP contribution in [0, 0.1) is 0 Å². The standard InChI is InChI=1S/C12H14N4O/c1-12(11(13)17,10-2-4-14-5-3-10)16-8-6-15-7-9-16/h2-8H,9H2,1H3,(H2,13,17). The Kier molecular flexibility index (Phi) is 2.91. The van der Waals surface area contributed by atoms with Gasteiger partial charge in [0.2, 0.25) is 5.91 Å². The summed E-state index contributed by atoms with van der Waals surface area (Å²) in [5, 5.41) is 0. The quantitative estimate of drug-likeness (QED) is 0.828. The van der Waals surface area contributed by atoms with E-state index in [-0.39, 0.29) is 0 Å². The summed E-state index contributed by atoms with van der Waals surface area (Å²) in [7, 11) is 0. The van der Waals surface area contributed by atoms with Crippen LogP contribution in [-0.2, 0) is 10.3 Å². The minimum Gasteiger partial charge on any atom is -0.367 e. The average molecular weight is 230 g/mol. The van der Waals surface area contributed by atoms with Gasteiger partial charge >= 0.3 is 0 Å². The third-order valence-corrected chi connectivity index (χ3v) is 3.01. The molecule has 2 N–H and O–H groups in total. The van der Waals surface area contributed by atoms with Crippen molar-refractivity contribution in [3.05, 3.63) is 42.5 Å². The molecule has 2 rings (SSSR count). The minimum absolute atomic E-state index is 0.399. The second-order valence-electron chi connectivity index (χ2n) is 3.95. The van der Waals surface area contributed by atoms with Crippen LogP contribution in [-0.4, -0.2) is 28.6 Å². The molecule has 5 heteroatoms. The predicted octanol–water partition coefficient (Wildman–Crippen LogP) is 0.640. The second kappa shape index (κ2) is 4.37. The number of carbonyl (C=O) groups is 1. The first-order chi connectivity index (χ1) is 8.15. The van der Waals surface area contributed by atoms with E-state index >= 15 is 0 Å². The number of aliphatic imine (C=N–C) groups is 1. The van der Waals surface area contributed by atoms with E-state index in [0.29, 0.717) is 6.54 Å². The SMILES string of the molecule is CC(C(N)=O)(c1ccncc1)N1C=CN=CC1. The largest absolute Gasteiger partial charge is 0.367 e. The molecule has 88 valence electrons. The zero-order valence-electron chi connectivity index (χ0n) is 9.58. The molecule has 0 bridgehead atoms. The summed E-state index contributed by atoms with van der Waals surface area (Å²) in [5.74, 6) is -0.399. The molecule has 0 aliphatic carbocycles. The fraction of sp³-hybridized carbons (Fsp3) is 0.250. The van der Waals surface area contributed by atoms with Crippen LogP contribution in [0.3, 0.4) is 0 Å². The van der Waals surface area contributed by atoms with Gasteiger partial charge in [-0.1, -0.05) is 0 Å². The van der Waals surface area contributed by atoms with Gasteiger partial charge in [0.05, 0.1) is 6.54 Å². The van der Waals surface area contributed by atoms with Gasteiger partial charge in [-0.25, -0.2) is 0 Å². The number of nitrogens with zero attached hydrogens (tertiary/aromatic N) is 3. The smallest absolute Gasteiger partial charge is 0.247 e. The molecule has 0 aromatic carbocycles. The van der Waals surface area contributed by atoms with Crippen LogP contribution >= 0.6 is 0 Å². The summed E-state index contributed by atoms with van der Waals surface area (Å²) in [6.07, 6.45) is 8.45. The number of carbonyl (C=O) groups excluding carboxylic acids is 1. The van der Waals surface area contributed by atoms with Crippen LogP contribution in [0.5, 0.6) is 0 Å². The molecule has 0 fully saturated rings. The van der Waals surface area contributed by atoms with E-state index in [1.165, 1.54) is 0 Å². The number of pyridine rings is 1. The van der Waals surface area contributed by atoms with Crippen molar-refractivity contribution in [3.63, 3.8) is 0 Å². The molecule has 1 aromatic heterocycles. The highest BCUT2D eigenvalue weighted by atomic mass is 16.1. The van der Waals surface area contributed by atoms with E-state index in [9.17, 15) is 4.79 Å². The molecule has 2 heterocycles. The van der Waals surface area contributed by atoms with Crippen molar-refractivity contribution < 1.29 is 4.79 Å². The summed E-state index contributed by atoms with van der Waals surface area (Å²) >= 11 is 0. The normalized spacial score (nSPS) is 17.8. The zero-order valence-corrected chi connectivity index (χ0v) is 9.58. The second-order valence-corrected chi connectivity index (χ2v) is 3.95. The van der Waals surface area contributed by atoms with Crippen LogP contribution in [0.4, 0.5) is 0 Å². The lowest BCUT2D eigenvalue weighted by molar-refractivity contribution is -0.127. The van der Waals surface area contributed by atoms with Gasteiger partial charge in [0, 0.05) is 31.0 Å². The maximum absolute atomic E-state index is 11.8. The van der Waals surface area contributed by atoms with Gasteiger partial charge in [-0.05, 0) is 24.6 Å². The molecule has 1 aliphatic rings. The first kappa shape index (κ1) is 11.3. The topological polar surface area (TPSA) is 71.6 Å². The lowest BCUT2D eigenvalue weighted by atomic mass is 9.90. The Balaban J connectivity index is 2.43. The molecule has 1 amide bonds. The molecule has 0 radical (unpaired) electrons. The van der Waals surface area contributed by atoms with Gasteiger partial charge in [0.15, 0.2) is 0 Å². The Hall–Kier alpha value is -2.17. The average Bonchev–Trinajstić information content (AvgIpc) is 2.39. The summed E-state index contributed by atoms with van der Waals surface area (Å²) in [6, 6.07) is 3.59. The monoisotopic (exact) mass is 230 g/mol. The Morgan fingerprint density at radius 3 is 2.71 bits per heavy atom. The molecule has 0 saturated heterocycles. The summed E-state index contributed by atoms with van der Waals surface area (Å²) in [4.78, 5) is 21.6. The highest BCUT2D eigenvalue weighted by molar-refractivity contribution is 5.86. The zero-order chi connectivity index (χ0) is 12.3. The first-order valence-electron chi connectivity index (χ1n) is 5.31. The van der Waals surface area contributed by atoms with Crippen LogP contribution in [0.25, 0.3) is 0 Å². The van der Waals surface area contributed by atoms with Gasteiger partial charge in [0.25, 0.3) is 0 Å². The van der Waals surface area contributed by atoms with Crippen molar-refractivity contribution in [1.82, 2.24) is 9.88 Å². The van der Waals surface area contributed by atoms with Crippen molar-refractivity contribution in [1.29, 1.82) is 0 Å². The third kappa shape index (κ3) is 1.91. The molecular formula is C12H14N4O. The maximum atomic E-state index is 11.8. The first-order valence-corrected chi connectivity index (χ1v) is 5.31. The summed E-state index contributed by atoms with van der Waals surface area (Å²) in [5.41, 5.74) is 5.49. The molecule has 1 aliphatic heterocycles. The van der Waals surface area contributed by atoms with E-state index in [1.54, 1.807) is 50.1 Å². The predicted molar refractivity (Wildman–Crippen MR) is 65.1 cm³/mol. The number of amides is 1. The van der Waals surface area contributed by atoms with Crippen LogP contribution in [0.15, 0.2) is 41.9 Å².